The maximum Gasteiger partial charge on any atom is 0.336 e. The van der Waals surface area contributed by atoms with E-state index in [0.29, 0.717) is 0 Å². The molecule has 1 aromatic heterocycles. The van der Waals surface area contributed by atoms with Crippen molar-refractivity contribution in [3.8, 4) is 0 Å². The number of aryl methyl sites for hydroxylation is 1. The van der Waals surface area contributed by atoms with Crippen LogP contribution in [0.15, 0.2) is 16.3 Å². The number of thiophene rings is 1. The van der Waals surface area contributed by atoms with Crippen LogP contribution >= 0.6 is 11.3 Å². The number of nitrogens with one attached hydrogen (secondary N) is 1. The number of hydrogen-bond acceptors (Lipinski definition) is 6. The molecule has 0 aromatic carbocycles. The molecule has 0 saturated carbocycles. The lowest BCUT2D eigenvalue weighted by atomic mass is 10.4. The van der Waals surface area contributed by atoms with Crippen LogP contribution in [0.3, 0.4) is 0 Å². The second-order valence-corrected chi connectivity index (χ2v) is 6.63. The predicted octanol–water partition coefficient (Wildman–Crippen LogP) is 0.123. The van der Waals surface area contributed by atoms with Crippen LogP contribution in [0.1, 0.15) is 11.8 Å². The number of methoxy groups -OCH3 is 1. The van der Waals surface area contributed by atoms with Crippen molar-refractivity contribution in [2.75, 3.05) is 13.7 Å². The Kier molecular flexibility index (Phi) is 5.27. The van der Waals surface area contributed by atoms with E-state index in [2.05, 4.69) is 9.46 Å². The van der Waals surface area contributed by atoms with Gasteiger partial charge in [0.15, 0.2) is 6.10 Å². The second kappa shape index (κ2) is 6.28. The molecule has 6 nitrogen and oxygen atoms in total. The first-order chi connectivity index (χ1) is 8.40. The number of aliphatic hydroxyl groups is 1. The van der Waals surface area contributed by atoms with Gasteiger partial charge in [0.25, 0.3) is 0 Å². The molecule has 0 radical (unpaired) electrons. The molecule has 8 heteroatoms. The Morgan fingerprint density at radius 1 is 1.56 bits per heavy atom. The molecule has 1 heterocycles. The topological polar surface area (TPSA) is 92.7 Å². The van der Waals surface area contributed by atoms with E-state index in [0.717, 1.165) is 29.7 Å². The third-order valence-corrected chi connectivity index (χ3v) is 5.34. The van der Waals surface area contributed by atoms with Gasteiger partial charge in [-0.25, -0.2) is 17.9 Å². The van der Waals surface area contributed by atoms with E-state index >= 15 is 0 Å². The number of aliphatic hydroxyl groups excluding tert-OH is 1. The summed E-state index contributed by atoms with van der Waals surface area (Å²) in [6.45, 7) is 1.52. The standard InChI is InChI=1S/C10H15NO5S2/c1-3-7-4-5-9(17-7)18(14,15)11-6-8(12)10(13)16-2/h4-5,8,11-12H,3,6H2,1-2H3. The molecule has 1 rings (SSSR count). The normalized spacial score (nSPS) is 13.3. The maximum atomic E-state index is 11.8. The molecule has 1 aromatic rings. The third kappa shape index (κ3) is 3.77. The Bertz CT molecular complexity index is 508. The summed E-state index contributed by atoms with van der Waals surface area (Å²) in [6.07, 6.45) is -0.749. The van der Waals surface area contributed by atoms with Gasteiger partial charge in [0, 0.05) is 11.4 Å². The highest BCUT2D eigenvalue weighted by Gasteiger charge is 2.21. The van der Waals surface area contributed by atoms with Gasteiger partial charge >= 0.3 is 5.97 Å². The fourth-order valence-corrected chi connectivity index (χ4v) is 3.55. The summed E-state index contributed by atoms with van der Waals surface area (Å²) in [4.78, 5) is 11.9. The van der Waals surface area contributed by atoms with E-state index in [4.69, 9.17) is 0 Å². The fraction of sp³-hybridized carbons (Fsp3) is 0.500. The van der Waals surface area contributed by atoms with Gasteiger partial charge in [-0.2, -0.15) is 0 Å². The number of carbonyl (C=O) groups is 1. The van der Waals surface area contributed by atoms with Crippen molar-refractivity contribution in [2.24, 2.45) is 0 Å². The largest absolute Gasteiger partial charge is 0.467 e. The first-order valence-electron chi connectivity index (χ1n) is 5.25. The molecule has 18 heavy (non-hydrogen) atoms. The van der Waals surface area contributed by atoms with Crippen LogP contribution in [0.4, 0.5) is 0 Å². The van der Waals surface area contributed by atoms with Gasteiger partial charge in [-0.05, 0) is 18.6 Å². The molecule has 0 aliphatic heterocycles. The van der Waals surface area contributed by atoms with Crippen molar-refractivity contribution in [3.63, 3.8) is 0 Å². The first-order valence-corrected chi connectivity index (χ1v) is 7.55. The van der Waals surface area contributed by atoms with E-state index < -0.39 is 28.6 Å². The highest BCUT2D eigenvalue weighted by atomic mass is 32.2. The van der Waals surface area contributed by atoms with E-state index in [-0.39, 0.29) is 4.21 Å². The Balaban J connectivity index is 2.68. The molecule has 0 amide bonds. The monoisotopic (exact) mass is 293 g/mol. The molecule has 1 atom stereocenters. The third-order valence-electron chi connectivity index (χ3n) is 2.19. The molecule has 1 unspecified atom stereocenters. The Morgan fingerprint density at radius 3 is 2.72 bits per heavy atom. The van der Waals surface area contributed by atoms with Crippen LogP contribution < -0.4 is 4.72 Å². The van der Waals surface area contributed by atoms with Crippen LogP contribution in [0.2, 0.25) is 0 Å². The van der Waals surface area contributed by atoms with Gasteiger partial charge < -0.3 is 9.84 Å². The molecule has 2 N–H and O–H groups in total. The summed E-state index contributed by atoms with van der Waals surface area (Å²) in [5, 5.41) is 9.28. The molecular formula is C10H15NO5S2. The highest BCUT2D eigenvalue weighted by Crippen LogP contribution is 2.21. The number of carbonyl (C=O) groups excluding carboxylic acids is 1. The van der Waals surface area contributed by atoms with Gasteiger partial charge in [0.05, 0.1) is 7.11 Å². The minimum absolute atomic E-state index is 0.163. The summed E-state index contributed by atoms with van der Waals surface area (Å²) in [7, 11) is -2.57. The lowest BCUT2D eigenvalue weighted by Crippen LogP contribution is -2.36. The van der Waals surface area contributed by atoms with Crippen molar-refractivity contribution in [1.29, 1.82) is 0 Å². The van der Waals surface area contributed by atoms with Crippen molar-refractivity contribution in [2.45, 2.75) is 23.7 Å². The van der Waals surface area contributed by atoms with Crippen LogP contribution in [-0.2, 0) is 26.0 Å². The van der Waals surface area contributed by atoms with E-state index in [1.165, 1.54) is 6.07 Å². The Labute approximate surface area is 110 Å². The van der Waals surface area contributed by atoms with Gasteiger partial charge in [-0.3, -0.25) is 0 Å². The number of esters is 1. The molecule has 0 fully saturated rings. The van der Waals surface area contributed by atoms with E-state index in [9.17, 15) is 18.3 Å². The molecule has 0 spiro atoms. The quantitative estimate of drug-likeness (QED) is 0.727. The van der Waals surface area contributed by atoms with Crippen molar-refractivity contribution < 1.29 is 23.1 Å². The molecule has 0 aliphatic carbocycles. The summed E-state index contributed by atoms with van der Waals surface area (Å²) in [5.41, 5.74) is 0. The second-order valence-electron chi connectivity index (χ2n) is 3.47. The number of sulfonamides is 1. The summed E-state index contributed by atoms with van der Waals surface area (Å²) >= 11 is 1.16. The summed E-state index contributed by atoms with van der Waals surface area (Å²) in [5.74, 6) is -0.877. The zero-order valence-corrected chi connectivity index (χ0v) is 11.7. The van der Waals surface area contributed by atoms with Crippen molar-refractivity contribution in [1.82, 2.24) is 4.72 Å². The van der Waals surface area contributed by atoms with E-state index in [1.807, 2.05) is 6.92 Å². The Morgan fingerprint density at radius 2 is 2.22 bits per heavy atom. The lowest BCUT2D eigenvalue weighted by molar-refractivity contribution is -0.149. The summed E-state index contributed by atoms with van der Waals surface area (Å²) in [6, 6.07) is 3.23. The number of ether oxygens (including phenoxy) is 1. The first kappa shape index (κ1) is 15.1. The van der Waals surface area contributed by atoms with Gasteiger partial charge in [-0.15, -0.1) is 11.3 Å². The van der Waals surface area contributed by atoms with E-state index in [1.54, 1.807) is 6.07 Å². The lowest BCUT2D eigenvalue weighted by Gasteiger charge is -2.09. The SMILES string of the molecule is CCc1ccc(S(=O)(=O)NCC(O)C(=O)OC)s1. The number of rotatable bonds is 6. The molecule has 0 bridgehead atoms. The zero-order valence-electron chi connectivity index (χ0n) is 10.0. The smallest absolute Gasteiger partial charge is 0.336 e. The average molecular weight is 293 g/mol. The predicted molar refractivity (Wildman–Crippen MR) is 66.9 cm³/mol. The zero-order chi connectivity index (χ0) is 13.8. The van der Waals surface area contributed by atoms with Crippen LogP contribution in [-0.4, -0.2) is 39.3 Å². The maximum absolute atomic E-state index is 11.8. The number of hydrogen-bond donors (Lipinski definition) is 2. The molecule has 0 aliphatic rings. The van der Waals surface area contributed by atoms with Crippen molar-refractivity contribution >= 4 is 27.3 Å². The molecule has 102 valence electrons. The highest BCUT2D eigenvalue weighted by molar-refractivity contribution is 7.91. The van der Waals surface area contributed by atoms with Gasteiger partial charge in [0.2, 0.25) is 10.0 Å². The van der Waals surface area contributed by atoms with Gasteiger partial charge in [0.1, 0.15) is 4.21 Å². The fourth-order valence-electron chi connectivity index (χ4n) is 1.17. The van der Waals surface area contributed by atoms with Gasteiger partial charge in [-0.1, -0.05) is 6.92 Å². The summed E-state index contributed by atoms with van der Waals surface area (Å²) < 4.78 is 30.2. The minimum atomic E-state index is -3.69. The van der Waals surface area contributed by atoms with Crippen LogP contribution in [0.25, 0.3) is 0 Å². The van der Waals surface area contributed by atoms with Crippen LogP contribution in [0.5, 0.6) is 0 Å². The molecular weight excluding hydrogens is 278 g/mol. The minimum Gasteiger partial charge on any atom is -0.467 e. The molecule has 0 saturated heterocycles. The Hall–Kier alpha value is -0.960. The average Bonchev–Trinajstić information content (AvgIpc) is 2.84. The van der Waals surface area contributed by atoms with Crippen molar-refractivity contribution in [3.05, 3.63) is 17.0 Å². The van der Waals surface area contributed by atoms with Crippen LogP contribution in [0, 0.1) is 0 Å².